The van der Waals surface area contributed by atoms with Crippen molar-refractivity contribution >= 4 is 17.6 Å². The van der Waals surface area contributed by atoms with Crippen molar-refractivity contribution in [2.75, 3.05) is 0 Å². The van der Waals surface area contributed by atoms with E-state index in [2.05, 4.69) is 91.5 Å². The summed E-state index contributed by atoms with van der Waals surface area (Å²) in [6, 6.07) is 31.4. The molecule has 3 heteroatoms. The monoisotopic (exact) mass is 378 g/mol. The van der Waals surface area contributed by atoms with Gasteiger partial charge < -0.3 is 4.57 Å². The molecule has 0 spiro atoms. The van der Waals surface area contributed by atoms with Crippen molar-refractivity contribution in [3.8, 4) is 5.69 Å². The first-order valence-electron chi connectivity index (χ1n) is 10.1. The molecule has 1 aromatic heterocycles. The second-order valence-corrected chi connectivity index (χ2v) is 7.23. The summed E-state index contributed by atoms with van der Waals surface area (Å²) in [5.41, 5.74) is 3.84. The Morgan fingerprint density at radius 1 is 0.759 bits per heavy atom. The van der Waals surface area contributed by atoms with Gasteiger partial charge in [0.05, 0.1) is 6.33 Å². The molecule has 0 saturated carbocycles. The van der Waals surface area contributed by atoms with Gasteiger partial charge in [0, 0.05) is 18.1 Å². The number of allylic oxidation sites excluding steroid dienone is 1. The molecule has 0 atom stereocenters. The zero-order valence-electron chi connectivity index (χ0n) is 17.1. The van der Waals surface area contributed by atoms with E-state index in [-0.39, 0.29) is 0 Å². The number of hydrogen-bond acceptors (Lipinski definition) is 1. The van der Waals surface area contributed by atoms with Gasteiger partial charge in [0.1, 0.15) is 0 Å². The third-order valence-electron chi connectivity index (χ3n) is 4.56. The molecule has 1 heterocycles. The summed E-state index contributed by atoms with van der Waals surface area (Å²) in [7, 11) is 0. The lowest BCUT2D eigenvalue weighted by Gasteiger charge is -2.10. The highest BCUT2D eigenvalue weighted by Crippen LogP contribution is 2.04. The van der Waals surface area contributed by atoms with Gasteiger partial charge in [-0.1, -0.05) is 110 Å². The van der Waals surface area contributed by atoms with Crippen molar-refractivity contribution < 1.29 is 0 Å². The summed E-state index contributed by atoms with van der Waals surface area (Å²) in [6.07, 6.45) is 7.77. The van der Waals surface area contributed by atoms with Gasteiger partial charge in [0.2, 0.25) is 6.71 Å². The maximum absolute atomic E-state index is 3.96. The van der Waals surface area contributed by atoms with Crippen LogP contribution in [0.15, 0.2) is 122 Å². The number of benzene rings is 3. The van der Waals surface area contributed by atoms with Crippen molar-refractivity contribution in [2.45, 2.75) is 13.8 Å². The molecule has 0 radical (unpaired) electrons. The molecular formula is C26H27BN2. The van der Waals surface area contributed by atoms with Gasteiger partial charge in [0.25, 0.3) is 0 Å². The SMILES string of the molecule is CC(C)C=CB(c1ccccc1)c1ccccc1.c1ccc(-n2ccnc2)cc1. The molecule has 0 bridgehead atoms. The van der Waals surface area contributed by atoms with E-state index in [0.29, 0.717) is 12.6 Å². The van der Waals surface area contributed by atoms with E-state index in [4.69, 9.17) is 0 Å². The van der Waals surface area contributed by atoms with Gasteiger partial charge in [-0.3, -0.25) is 0 Å². The average Bonchev–Trinajstić information content (AvgIpc) is 3.31. The van der Waals surface area contributed by atoms with Gasteiger partial charge in [-0.2, -0.15) is 0 Å². The molecule has 0 aliphatic rings. The Balaban J connectivity index is 0.000000186. The summed E-state index contributed by atoms with van der Waals surface area (Å²) in [5, 5.41) is 0. The van der Waals surface area contributed by atoms with Gasteiger partial charge in [-0.05, 0) is 18.1 Å². The first kappa shape index (κ1) is 20.4. The van der Waals surface area contributed by atoms with Crippen molar-refractivity contribution in [2.24, 2.45) is 5.92 Å². The Morgan fingerprint density at radius 3 is 1.72 bits per heavy atom. The van der Waals surface area contributed by atoms with E-state index in [9.17, 15) is 0 Å². The number of hydrogen-bond donors (Lipinski definition) is 0. The van der Waals surface area contributed by atoms with E-state index >= 15 is 0 Å². The maximum atomic E-state index is 3.96. The Bertz CT molecular complexity index is 924. The molecule has 0 aliphatic carbocycles. The summed E-state index contributed by atoms with van der Waals surface area (Å²) < 4.78 is 1.97. The lowest BCUT2D eigenvalue weighted by atomic mass is 9.40. The number of para-hydroxylation sites is 1. The number of aromatic nitrogens is 2. The van der Waals surface area contributed by atoms with Crippen LogP contribution in [0.3, 0.4) is 0 Å². The second kappa shape index (κ2) is 10.9. The maximum Gasteiger partial charge on any atom is 0.233 e. The average molecular weight is 378 g/mol. The zero-order valence-corrected chi connectivity index (χ0v) is 17.1. The Hall–Kier alpha value is -3.33. The summed E-state index contributed by atoms with van der Waals surface area (Å²) >= 11 is 0. The number of imidazole rings is 1. The normalized spacial score (nSPS) is 10.6. The highest BCUT2D eigenvalue weighted by atomic mass is 15.0. The molecule has 3 aromatic carbocycles. The first-order chi connectivity index (χ1) is 14.2. The van der Waals surface area contributed by atoms with Crippen molar-refractivity contribution in [1.29, 1.82) is 0 Å². The topological polar surface area (TPSA) is 17.8 Å². The smallest absolute Gasteiger partial charge is 0.233 e. The lowest BCUT2D eigenvalue weighted by molar-refractivity contribution is 0.833. The summed E-state index contributed by atoms with van der Waals surface area (Å²) in [5.74, 6) is 2.90. The summed E-state index contributed by atoms with van der Waals surface area (Å²) in [6.45, 7) is 4.78. The molecule has 0 amide bonds. The van der Waals surface area contributed by atoms with Crippen LogP contribution in [0.4, 0.5) is 0 Å². The minimum atomic E-state index is 0.356. The second-order valence-electron chi connectivity index (χ2n) is 7.23. The molecule has 0 aliphatic heterocycles. The number of nitrogens with zero attached hydrogens (tertiary/aromatic N) is 2. The van der Waals surface area contributed by atoms with Crippen LogP contribution < -0.4 is 10.9 Å². The van der Waals surface area contributed by atoms with Crippen LogP contribution in [-0.4, -0.2) is 16.3 Å². The Labute approximate surface area is 174 Å². The van der Waals surface area contributed by atoms with Crippen LogP contribution in [-0.2, 0) is 0 Å². The van der Waals surface area contributed by atoms with E-state index < -0.39 is 0 Å². The number of rotatable bonds is 5. The van der Waals surface area contributed by atoms with Crippen LogP contribution in [0.1, 0.15) is 13.8 Å². The fourth-order valence-corrected chi connectivity index (χ4v) is 3.08. The quantitative estimate of drug-likeness (QED) is 0.451. The Morgan fingerprint density at radius 2 is 1.28 bits per heavy atom. The first-order valence-corrected chi connectivity index (χ1v) is 10.1. The van der Waals surface area contributed by atoms with Crippen molar-refractivity contribution in [3.05, 3.63) is 122 Å². The largest absolute Gasteiger partial charge is 0.306 e. The molecule has 0 fully saturated rings. The molecular weight excluding hydrogens is 351 g/mol. The predicted octanol–water partition coefficient (Wildman–Crippen LogP) is 4.92. The lowest BCUT2D eigenvalue weighted by Crippen LogP contribution is -2.40. The molecule has 144 valence electrons. The Kier molecular flexibility index (Phi) is 7.65. The molecule has 29 heavy (non-hydrogen) atoms. The highest BCUT2D eigenvalue weighted by molar-refractivity contribution is 6.89. The van der Waals surface area contributed by atoms with Gasteiger partial charge in [0.15, 0.2) is 0 Å². The van der Waals surface area contributed by atoms with Crippen LogP contribution in [0, 0.1) is 5.92 Å². The van der Waals surface area contributed by atoms with Gasteiger partial charge in [-0.15, -0.1) is 5.98 Å². The third-order valence-corrected chi connectivity index (χ3v) is 4.56. The van der Waals surface area contributed by atoms with Crippen molar-refractivity contribution in [3.63, 3.8) is 0 Å². The van der Waals surface area contributed by atoms with E-state index in [1.807, 2.05) is 41.1 Å². The minimum absolute atomic E-state index is 0.356. The fourth-order valence-electron chi connectivity index (χ4n) is 3.08. The van der Waals surface area contributed by atoms with Crippen LogP contribution in [0.2, 0.25) is 0 Å². The molecule has 4 aromatic rings. The van der Waals surface area contributed by atoms with Crippen LogP contribution in [0.25, 0.3) is 5.69 Å². The molecule has 0 unspecified atom stereocenters. The van der Waals surface area contributed by atoms with E-state index in [1.165, 1.54) is 10.9 Å². The molecule has 4 rings (SSSR count). The highest BCUT2D eigenvalue weighted by Gasteiger charge is 2.14. The van der Waals surface area contributed by atoms with Gasteiger partial charge in [-0.25, -0.2) is 4.98 Å². The zero-order chi connectivity index (χ0) is 20.3. The van der Waals surface area contributed by atoms with Crippen LogP contribution in [0.5, 0.6) is 0 Å². The van der Waals surface area contributed by atoms with Crippen molar-refractivity contribution in [1.82, 2.24) is 9.55 Å². The molecule has 0 N–H and O–H groups in total. The standard InChI is InChI=1S/C17H19B.C9H8N2/c1-15(2)13-14-18(16-9-5-3-6-10-16)17-11-7-4-8-12-17;1-2-4-9(5-3-1)11-7-6-10-8-11/h3-15H,1-2H3;1-8H. The van der Waals surface area contributed by atoms with Crippen LogP contribution >= 0.6 is 0 Å². The van der Waals surface area contributed by atoms with Gasteiger partial charge >= 0.3 is 0 Å². The predicted molar refractivity (Wildman–Crippen MR) is 125 cm³/mol. The molecule has 2 nitrogen and oxygen atoms in total. The van der Waals surface area contributed by atoms with E-state index in [0.717, 1.165) is 5.69 Å². The summed E-state index contributed by atoms with van der Waals surface area (Å²) in [4.78, 5) is 3.96. The fraction of sp³-hybridized carbons (Fsp3) is 0.115. The van der Waals surface area contributed by atoms with E-state index in [1.54, 1.807) is 12.5 Å². The minimum Gasteiger partial charge on any atom is -0.306 e. The third kappa shape index (κ3) is 6.36. The molecule has 0 saturated heterocycles.